The van der Waals surface area contributed by atoms with E-state index in [4.69, 9.17) is 9.47 Å². The van der Waals surface area contributed by atoms with Crippen LogP contribution in [0.2, 0.25) is 0 Å². The second-order valence-electron chi connectivity index (χ2n) is 6.95. The highest BCUT2D eigenvalue weighted by Gasteiger charge is 2.27. The first-order chi connectivity index (χ1) is 15.1. The lowest BCUT2D eigenvalue weighted by Gasteiger charge is -2.07. The van der Waals surface area contributed by atoms with E-state index < -0.39 is 5.97 Å². The van der Waals surface area contributed by atoms with Crippen LogP contribution in [-0.2, 0) is 11.3 Å². The van der Waals surface area contributed by atoms with Gasteiger partial charge in [-0.25, -0.2) is 4.79 Å². The summed E-state index contributed by atoms with van der Waals surface area (Å²) in [6.45, 7) is 4.15. The largest absolute Gasteiger partial charge is 0.489 e. The van der Waals surface area contributed by atoms with Gasteiger partial charge < -0.3 is 14.2 Å². The summed E-state index contributed by atoms with van der Waals surface area (Å²) in [5.41, 5.74) is 3.74. The van der Waals surface area contributed by atoms with Crippen LogP contribution in [0.3, 0.4) is 0 Å². The molecular weight excluding hydrogens is 392 g/mol. The maximum atomic E-state index is 12.7. The molecule has 0 saturated heterocycles. The molecule has 1 aliphatic heterocycles. The van der Waals surface area contributed by atoms with E-state index in [0.717, 1.165) is 16.7 Å². The van der Waals surface area contributed by atoms with Crippen LogP contribution in [-0.4, -0.2) is 18.9 Å². The molecule has 5 heteroatoms. The number of ketones is 1. The zero-order valence-corrected chi connectivity index (χ0v) is 17.0. The fraction of sp³-hybridized carbons (Fsp3) is 0.0769. The molecule has 3 aromatic rings. The highest BCUT2D eigenvalue weighted by molar-refractivity contribution is 6.14. The second-order valence-corrected chi connectivity index (χ2v) is 6.95. The SMILES string of the molecule is C=Cc1ccc(COc2ccc3c(c2)O/C(=C/c2ccc(C(=O)OC)cc2)C3=O)cc1. The van der Waals surface area contributed by atoms with E-state index in [1.807, 2.05) is 24.3 Å². The van der Waals surface area contributed by atoms with Crippen molar-refractivity contribution in [1.82, 2.24) is 0 Å². The van der Waals surface area contributed by atoms with Crippen molar-refractivity contribution in [2.75, 3.05) is 7.11 Å². The fourth-order valence-electron chi connectivity index (χ4n) is 3.16. The molecule has 0 unspecified atom stereocenters. The smallest absolute Gasteiger partial charge is 0.337 e. The lowest BCUT2D eigenvalue weighted by molar-refractivity contribution is 0.0600. The summed E-state index contributed by atoms with van der Waals surface area (Å²) in [5.74, 6) is 0.686. The zero-order chi connectivity index (χ0) is 21.8. The van der Waals surface area contributed by atoms with Crippen LogP contribution in [0.25, 0.3) is 12.2 Å². The Bertz CT molecular complexity index is 1170. The number of carbonyl (C=O) groups excluding carboxylic acids is 2. The molecule has 1 aliphatic rings. The number of methoxy groups -OCH3 is 1. The molecule has 154 valence electrons. The van der Waals surface area contributed by atoms with Crippen molar-refractivity contribution in [3.05, 3.63) is 107 Å². The monoisotopic (exact) mass is 412 g/mol. The third-order valence-corrected chi connectivity index (χ3v) is 4.89. The normalized spacial score (nSPS) is 13.5. The Kier molecular flexibility index (Phi) is 5.67. The van der Waals surface area contributed by atoms with Crippen molar-refractivity contribution in [2.45, 2.75) is 6.61 Å². The summed E-state index contributed by atoms with van der Waals surface area (Å²) >= 11 is 0. The van der Waals surface area contributed by atoms with E-state index >= 15 is 0 Å². The molecule has 0 N–H and O–H groups in total. The molecule has 0 fully saturated rings. The van der Waals surface area contributed by atoms with E-state index in [0.29, 0.717) is 29.2 Å². The fourth-order valence-corrected chi connectivity index (χ4v) is 3.16. The average molecular weight is 412 g/mol. The Balaban J connectivity index is 1.46. The van der Waals surface area contributed by atoms with Gasteiger partial charge in [0.05, 0.1) is 18.2 Å². The maximum Gasteiger partial charge on any atom is 0.337 e. The van der Waals surface area contributed by atoms with Crippen LogP contribution >= 0.6 is 0 Å². The Morgan fingerprint density at radius 1 is 1.00 bits per heavy atom. The van der Waals surface area contributed by atoms with E-state index in [-0.39, 0.29) is 11.5 Å². The first-order valence-corrected chi connectivity index (χ1v) is 9.68. The Hall–Kier alpha value is -4.12. The van der Waals surface area contributed by atoms with Crippen LogP contribution in [0, 0.1) is 0 Å². The minimum Gasteiger partial charge on any atom is -0.489 e. The van der Waals surface area contributed by atoms with Crippen molar-refractivity contribution < 1.29 is 23.8 Å². The number of esters is 1. The molecule has 0 aliphatic carbocycles. The summed E-state index contributed by atoms with van der Waals surface area (Å²) < 4.78 is 16.3. The minimum absolute atomic E-state index is 0.196. The van der Waals surface area contributed by atoms with Crippen LogP contribution < -0.4 is 9.47 Å². The van der Waals surface area contributed by atoms with Crippen molar-refractivity contribution in [2.24, 2.45) is 0 Å². The molecule has 1 heterocycles. The third-order valence-electron chi connectivity index (χ3n) is 4.89. The van der Waals surface area contributed by atoms with Gasteiger partial charge >= 0.3 is 5.97 Å². The molecule has 0 atom stereocenters. The van der Waals surface area contributed by atoms with Crippen molar-refractivity contribution >= 4 is 23.9 Å². The summed E-state index contributed by atoms with van der Waals surface area (Å²) in [4.78, 5) is 24.2. The molecule has 3 aromatic carbocycles. The predicted molar refractivity (Wildman–Crippen MR) is 118 cm³/mol. The summed E-state index contributed by atoms with van der Waals surface area (Å²) in [6, 6.07) is 19.8. The van der Waals surface area contributed by atoms with Gasteiger partial charge in [-0.3, -0.25) is 4.79 Å². The molecule has 0 radical (unpaired) electrons. The van der Waals surface area contributed by atoms with Crippen LogP contribution in [0.1, 0.15) is 37.4 Å². The van der Waals surface area contributed by atoms with Crippen molar-refractivity contribution in [3.63, 3.8) is 0 Å². The number of allylic oxidation sites excluding steroid dienone is 1. The minimum atomic E-state index is -0.413. The van der Waals surface area contributed by atoms with Gasteiger partial charge in [0.1, 0.15) is 18.1 Å². The lowest BCUT2D eigenvalue weighted by Crippen LogP contribution is -2.01. The first kappa shape index (κ1) is 20.2. The van der Waals surface area contributed by atoms with Gasteiger partial charge in [0, 0.05) is 6.07 Å². The standard InChI is InChI=1S/C26H20O5/c1-3-17-4-6-19(7-5-17)16-30-21-12-13-22-23(15-21)31-24(25(22)27)14-18-8-10-20(11-9-18)26(28)29-2/h3-15H,1,16H2,2H3/b24-14+. The van der Waals surface area contributed by atoms with E-state index in [1.165, 1.54) is 7.11 Å². The number of fused-ring (bicyclic) bond motifs is 1. The summed E-state index contributed by atoms with van der Waals surface area (Å²) in [7, 11) is 1.33. The molecule has 0 spiro atoms. The second kappa shape index (κ2) is 8.71. The molecule has 0 saturated carbocycles. The van der Waals surface area contributed by atoms with Crippen molar-refractivity contribution in [1.29, 1.82) is 0 Å². The number of rotatable bonds is 6. The molecule has 5 nitrogen and oxygen atoms in total. The van der Waals surface area contributed by atoms with Gasteiger partial charge in [0.2, 0.25) is 5.78 Å². The molecular formula is C26H20O5. The molecule has 4 rings (SSSR count). The van der Waals surface area contributed by atoms with Crippen LogP contribution in [0.15, 0.2) is 79.1 Å². The Morgan fingerprint density at radius 3 is 2.39 bits per heavy atom. The van der Waals surface area contributed by atoms with Gasteiger partial charge in [-0.05, 0) is 47.0 Å². The van der Waals surface area contributed by atoms with Gasteiger partial charge in [0.15, 0.2) is 5.76 Å². The number of hydrogen-bond acceptors (Lipinski definition) is 5. The third kappa shape index (κ3) is 4.41. The summed E-state index contributed by atoms with van der Waals surface area (Å²) in [5, 5.41) is 0. The number of hydrogen-bond donors (Lipinski definition) is 0. The highest BCUT2D eigenvalue weighted by atomic mass is 16.5. The quantitative estimate of drug-likeness (QED) is 0.406. The van der Waals surface area contributed by atoms with Gasteiger partial charge in [-0.1, -0.05) is 49.1 Å². The Morgan fingerprint density at radius 2 is 1.71 bits per heavy atom. The number of benzene rings is 3. The van der Waals surface area contributed by atoms with Crippen molar-refractivity contribution in [3.8, 4) is 11.5 Å². The van der Waals surface area contributed by atoms with E-state index in [2.05, 4.69) is 11.3 Å². The zero-order valence-electron chi connectivity index (χ0n) is 17.0. The summed E-state index contributed by atoms with van der Waals surface area (Å²) in [6.07, 6.45) is 3.43. The van der Waals surface area contributed by atoms with E-state index in [1.54, 1.807) is 54.6 Å². The number of ether oxygens (including phenoxy) is 3. The number of Topliss-reactive ketones (excluding diaryl/α,β-unsaturated/α-hetero) is 1. The topological polar surface area (TPSA) is 61.8 Å². The Labute approximate surface area is 180 Å². The van der Waals surface area contributed by atoms with E-state index in [9.17, 15) is 9.59 Å². The number of carbonyl (C=O) groups is 2. The molecule has 0 amide bonds. The van der Waals surface area contributed by atoms with Gasteiger partial charge in [-0.15, -0.1) is 0 Å². The average Bonchev–Trinajstić information content (AvgIpc) is 3.12. The lowest BCUT2D eigenvalue weighted by atomic mass is 10.1. The molecule has 0 aromatic heterocycles. The van der Waals surface area contributed by atoms with Gasteiger partial charge in [0.25, 0.3) is 0 Å². The maximum absolute atomic E-state index is 12.7. The predicted octanol–water partition coefficient (Wildman–Crippen LogP) is 5.31. The highest BCUT2D eigenvalue weighted by Crippen LogP contribution is 2.35. The van der Waals surface area contributed by atoms with Crippen LogP contribution in [0.4, 0.5) is 0 Å². The first-order valence-electron chi connectivity index (χ1n) is 9.68. The van der Waals surface area contributed by atoms with Crippen LogP contribution in [0.5, 0.6) is 11.5 Å². The van der Waals surface area contributed by atoms with Gasteiger partial charge in [-0.2, -0.15) is 0 Å². The molecule has 31 heavy (non-hydrogen) atoms. The molecule has 0 bridgehead atoms.